The zero-order valence-electron chi connectivity index (χ0n) is 11.2. The van der Waals surface area contributed by atoms with Crippen LogP contribution >= 0.6 is 11.6 Å². The molecule has 2 atom stereocenters. The first-order valence-corrected chi connectivity index (χ1v) is 6.78. The molecule has 1 aromatic rings. The lowest BCUT2D eigenvalue weighted by molar-refractivity contribution is 0.190. The van der Waals surface area contributed by atoms with E-state index in [9.17, 15) is 0 Å². The molecular formula is C14H21ClN2O. The highest BCUT2D eigenvalue weighted by Crippen LogP contribution is 2.29. The lowest BCUT2D eigenvalue weighted by Gasteiger charge is -2.36. The highest BCUT2D eigenvalue weighted by Gasteiger charge is 2.23. The van der Waals surface area contributed by atoms with Gasteiger partial charge < -0.3 is 15.0 Å². The van der Waals surface area contributed by atoms with Gasteiger partial charge in [0.05, 0.1) is 17.8 Å². The topological polar surface area (TPSA) is 24.5 Å². The maximum absolute atomic E-state index is 6.21. The summed E-state index contributed by atoms with van der Waals surface area (Å²) in [5.41, 5.74) is 0.970. The van der Waals surface area contributed by atoms with Gasteiger partial charge in [-0.25, -0.2) is 0 Å². The third kappa shape index (κ3) is 3.09. The van der Waals surface area contributed by atoms with Gasteiger partial charge in [0, 0.05) is 24.7 Å². The van der Waals surface area contributed by atoms with Gasteiger partial charge in [-0.3, -0.25) is 0 Å². The van der Waals surface area contributed by atoms with E-state index in [2.05, 4.69) is 24.2 Å². The molecule has 100 valence electrons. The van der Waals surface area contributed by atoms with E-state index >= 15 is 0 Å². The minimum Gasteiger partial charge on any atom is -0.497 e. The number of ether oxygens (including phenoxy) is 1. The molecule has 0 spiro atoms. The molecule has 0 bridgehead atoms. The van der Waals surface area contributed by atoms with Crippen LogP contribution in [0.2, 0.25) is 5.02 Å². The van der Waals surface area contributed by atoms with Gasteiger partial charge in [-0.15, -0.1) is 0 Å². The number of piperidine rings is 1. The first-order valence-electron chi connectivity index (χ1n) is 6.40. The molecule has 4 heteroatoms. The quantitative estimate of drug-likeness (QED) is 0.911. The summed E-state index contributed by atoms with van der Waals surface area (Å²) < 4.78 is 5.23. The second kappa shape index (κ2) is 5.81. The van der Waals surface area contributed by atoms with E-state index in [4.69, 9.17) is 16.3 Å². The Kier molecular flexibility index (Phi) is 4.36. The second-order valence-corrected chi connectivity index (χ2v) is 5.45. The lowest BCUT2D eigenvalue weighted by Crippen LogP contribution is -2.42. The van der Waals surface area contributed by atoms with Gasteiger partial charge in [-0.2, -0.15) is 0 Å². The summed E-state index contributed by atoms with van der Waals surface area (Å²) in [7, 11) is 3.85. The first kappa shape index (κ1) is 13.5. The minimum atomic E-state index is 0.487. The van der Waals surface area contributed by atoms with Crippen LogP contribution < -0.4 is 10.1 Å². The molecule has 18 heavy (non-hydrogen) atoms. The van der Waals surface area contributed by atoms with Gasteiger partial charge in [0.15, 0.2) is 0 Å². The Morgan fingerprint density at radius 3 is 2.89 bits per heavy atom. The van der Waals surface area contributed by atoms with Crippen molar-refractivity contribution >= 4 is 17.3 Å². The first-order chi connectivity index (χ1) is 8.60. The normalized spacial score (nSPS) is 24.9. The van der Waals surface area contributed by atoms with Gasteiger partial charge in [-0.05, 0) is 38.9 Å². The van der Waals surface area contributed by atoms with Crippen molar-refractivity contribution in [1.29, 1.82) is 0 Å². The molecule has 0 aromatic heterocycles. The zero-order valence-corrected chi connectivity index (χ0v) is 12.0. The molecule has 1 heterocycles. The Hall–Kier alpha value is -0.930. The number of hydrogen-bond donors (Lipinski definition) is 1. The number of anilines is 1. The standard InChI is InChI=1S/C14H21ClN2O/c1-10-8-11(6-7-17(10)2)16-14-9-12(18-3)4-5-13(14)15/h4-5,9-11,16H,6-8H2,1-3H3. The van der Waals surface area contributed by atoms with Crippen molar-refractivity contribution in [2.45, 2.75) is 31.8 Å². The van der Waals surface area contributed by atoms with Crippen LogP contribution in [0.25, 0.3) is 0 Å². The van der Waals surface area contributed by atoms with Gasteiger partial charge in [-0.1, -0.05) is 11.6 Å². The van der Waals surface area contributed by atoms with E-state index in [0.717, 1.165) is 35.8 Å². The van der Waals surface area contributed by atoms with Crippen LogP contribution in [0.1, 0.15) is 19.8 Å². The fourth-order valence-corrected chi connectivity index (χ4v) is 2.55. The average molecular weight is 269 g/mol. The Morgan fingerprint density at radius 1 is 1.44 bits per heavy atom. The van der Waals surface area contributed by atoms with E-state index in [0.29, 0.717) is 12.1 Å². The van der Waals surface area contributed by atoms with Gasteiger partial charge >= 0.3 is 0 Å². The van der Waals surface area contributed by atoms with Crippen molar-refractivity contribution in [2.24, 2.45) is 0 Å². The van der Waals surface area contributed by atoms with Gasteiger partial charge in [0.2, 0.25) is 0 Å². The summed E-state index contributed by atoms with van der Waals surface area (Å²) in [4.78, 5) is 2.39. The number of likely N-dealkylation sites (tertiary alicyclic amines) is 1. The molecule has 1 aliphatic heterocycles. The van der Waals surface area contributed by atoms with Crippen molar-refractivity contribution in [3.63, 3.8) is 0 Å². The molecule has 0 amide bonds. The van der Waals surface area contributed by atoms with Crippen LogP contribution in [0.15, 0.2) is 18.2 Å². The second-order valence-electron chi connectivity index (χ2n) is 5.04. The summed E-state index contributed by atoms with van der Waals surface area (Å²) in [5.74, 6) is 0.836. The van der Waals surface area contributed by atoms with E-state index < -0.39 is 0 Å². The molecule has 0 saturated carbocycles. The maximum Gasteiger partial charge on any atom is 0.121 e. The molecule has 1 aliphatic rings. The monoisotopic (exact) mass is 268 g/mol. The van der Waals surface area contributed by atoms with Crippen molar-refractivity contribution < 1.29 is 4.74 Å². The van der Waals surface area contributed by atoms with Crippen LogP contribution in [0, 0.1) is 0 Å². The number of rotatable bonds is 3. The smallest absolute Gasteiger partial charge is 0.121 e. The van der Waals surface area contributed by atoms with Crippen molar-refractivity contribution in [3.8, 4) is 5.75 Å². The van der Waals surface area contributed by atoms with E-state index in [1.165, 1.54) is 0 Å². The van der Waals surface area contributed by atoms with Crippen molar-refractivity contribution in [2.75, 3.05) is 26.0 Å². The Morgan fingerprint density at radius 2 is 2.22 bits per heavy atom. The number of halogens is 1. The molecule has 1 aromatic carbocycles. The van der Waals surface area contributed by atoms with E-state index in [1.807, 2.05) is 18.2 Å². The molecule has 2 rings (SSSR count). The Bertz CT molecular complexity index is 411. The molecule has 1 N–H and O–H groups in total. The fraction of sp³-hybridized carbons (Fsp3) is 0.571. The average Bonchev–Trinajstić information content (AvgIpc) is 2.36. The van der Waals surface area contributed by atoms with Crippen molar-refractivity contribution in [3.05, 3.63) is 23.2 Å². The third-order valence-electron chi connectivity index (χ3n) is 3.74. The fourth-order valence-electron chi connectivity index (χ4n) is 2.38. The number of hydrogen-bond acceptors (Lipinski definition) is 3. The lowest BCUT2D eigenvalue weighted by atomic mass is 9.98. The predicted molar refractivity (Wildman–Crippen MR) is 76.7 cm³/mol. The van der Waals surface area contributed by atoms with Crippen molar-refractivity contribution in [1.82, 2.24) is 4.90 Å². The number of methoxy groups -OCH3 is 1. The predicted octanol–water partition coefficient (Wildman–Crippen LogP) is 3.24. The number of benzene rings is 1. The molecule has 0 aliphatic carbocycles. The van der Waals surface area contributed by atoms with Crippen LogP contribution in [0.4, 0.5) is 5.69 Å². The SMILES string of the molecule is COc1ccc(Cl)c(NC2CCN(C)C(C)C2)c1. The van der Waals surface area contributed by atoms with Gasteiger partial charge in [0.1, 0.15) is 5.75 Å². The van der Waals surface area contributed by atoms with E-state index in [1.54, 1.807) is 7.11 Å². The molecular weight excluding hydrogens is 248 g/mol. The van der Waals surface area contributed by atoms with Crippen LogP contribution in [-0.2, 0) is 0 Å². The highest BCUT2D eigenvalue weighted by atomic mass is 35.5. The molecule has 0 radical (unpaired) electrons. The summed E-state index contributed by atoms with van der Waals surface area (Å²) in [6.07, 6.45) is 2.29. The molecule has 3 nitrogen and oxygen atoms in total. The summed E-state index contributed by atoms with van der Waals surface area (Å²) >= 11 is 6.21. The number of nitrogens with zero attached hydrogens (tertiary/aromatic N) is 1. The maximum atomic E-state index is 6.21. The molecule has 1 fully saturated rings. The third-order valence-corrected chi connectivity index (χ3v) is 4.07. The Labute approximate surface area is 114 Å². The van der Waals surface area contributed by atoms with Crippen LogP contribution in [0.5, 0.6) is 5.75 Å². The summed E-state index contributed by atoms with van der Waals surface area (Å²) in [5, 5.41) is 4.29. The molecule has 1 saturated heterocycles. The minimum absolute atomic E-state index is 0.487. The summed E-state index contributed by atoms with van der Waals surface area (Å²) in [6.45, 7) is 3.39. The summed E-state index contributed by atoms with van der Waals surface area (Å²) in [6, 6.07) is 6.82. The van der Waals surface area contributed by atoms with Crippen LogP contribution in [0.3, 0.4) is 0 Å². The highest BCUT2D eigenvalue weighted by molar-refractivity contribution is 6.33. The Balaban J connectivity index is 2.05. The van der Waals surface area contributed by atoms with Crippen LogP contribution in [-0.4, -0.2) is 37.7 Å². The zero-order chi connectivity index (χ0) is 13.1. The molecule has 2 unspecified atom stereocenters. The van der Waals surface area contributed by atoms with Gasteiger partial charge in [0.25, 0.3) is 0 Å². The van der Waals surface area contributed by atoms with E-state index in [-0.39, 0.29) is 0 Å². The largest absolute Gasteiger partial charge is 0.497 e. The number of nitrogens with one attached hydrogen (secondary N) is 1.